The Morgan fingerprint density at radius 1 is 1.21 bits per heavy atom. The van der Waals surface area contributed by atoms with E-state index < -0.39 is 0 Å². The topological polar surface area (TPSA) is 41.1 Å². The lowest BCUT2D eigenvalue weighted by atomic mass is 10.0. The Kier molecular flexibility index (Phi) is 5.96. The van der Waals surface area contributed by atoms with Gasteiger partial charge >= 0.3 is 0 Å². The average Bonchev–Trinajstić information content (AvgIpc) is 2.36. The minimum absolute atomic E-state index is 0.0180. The third kappa shape index (κ3) is 4.99. The second-order valence-corrected chi connectivity index (χ2v) is 5.06. The zero-order chi connectivity index (χ0) is 14.4. The molecule has 1 aromatic rings. The molecule has 4 heteroatoms. The fraction of sp³-hybridized carbons (Fsp3) is 0.533. The van der Waals surface area contributed by atoms with E-state index in [1.807, 2.05) is 27.7 Å². The Labute approximate surface area is 114 Å². The standard InChI is InChI=1S/C15H23FN2O/c1-5-14(12-6-8-13(16)9-7-12)18-11(4)15(19)17-10(2)3/h6-11,14,18H,5H2,1-4H3,(H,17,19). The van der Waals surface area contributed by atoms with Crippen LogP contribution in [0.4, 0.5) is 4.39 Å². The summed E-state index contributed by atoms with van der Waals surface area (Å²) in [6.45, 7) is 7.74. The maximum absolute atomic E-state index is 12.9. The summed E-state index contributed by atoms with van der Waals surface area (Å²) < 4.78 is 12.9. The van der Waals surface area contributed by atoms with Crippen LogP contribution in [0.2, 0.25) is 0 Å². The number of carbonyl (C=O) groups excluding carboxylic acids is 1. The third-order valence-corrected chi connectivity index (χ3v) is 2.96. The van der Waals surface area contributed by atoms with Crippen molar-refractivity contribution in [2.45, 2.75) is 52.2 Å². The lowest BCUT2D eigenvalue weighted by Crippen LogP contribution is -2.45. The number of nitrogens with one attached hydrogen (secondary N) is 2. The minimum Gasteiger partial charge on any atom is -0.353 e. The highest BCUT2D eigenvalue weighted by Crippen LogP contribution is 2.17. The van der Waals surface area contributed by atoms with Crippen molar-refractivity contribution in [3.05, 3.63) is 35.6 Å². The molecule has 1 rings (SSSR count). The molecular weight excluding hydrogens is 243 g/mol. The molecule has 0 radical (unpaired) electrons. The molecule has 1 amide bonds. The van der Waals surface area contributed by atoms with Gasteiger partial charge in [-0.15, -0.1) is 0 Å². The van der Waals surface area contributed by atoms with Crippen molar-refractivity contribution in [2.24, 2.45) is 0 Å². The summed E-state index contributed by atoms with van der Waals surface area (Å²) in [7, 11) is 0. The summed E-state index contributed by atoms with van der Waals surface area (Å²) in [5.41, 5.74) is 0.994. The summed E-state index contributed by atoms with van der Waals surface area (Å²) in [6.07, 6.45) is 0.838. The normalized spacial score (nSPS) is 14.2. The molecule has 0 fully saturated rings. The van der Waals surface area contributed by atoms with E-state index in [2.05, 4.69) is 10.6 Å². The van der Waals surface area contributed by atoms with Crippen molar-refractivity contribution in [2.75, 3.05) is 0 Å². The van der Waals surface area contributed by atoms with Crippen LogP contribution in [0.1, 0.15) is 45.7 Å². The van der Waals surface area contributed by atoms with Crippen molar-refractivity contribution >= 4 is 5.91 Å². The first kappa shape index (κ1) is 15.6. The highest BCUT2D eigenvalue weighted by Gasteiger charge is 2.18. The van der Waals surface area contributed by atoms with Gasteiger partial charge in [0.25, 0.3) is 0 Å². The smallest absolute Gasteiger partial charge is 0.237 e. The third-order valence-electron chi connectivity index (χ3n) is 2.96. The van der Waals surface area contributed by atoms with Gasteiger partial charge in [0.2, 0.25) is 5.91 Å². The number of hydrogen-bond acceptors (Lipinski definition) is 2. The summed E-state index contributed by atoms with van der Waals surface area (Å²) in [5.74, 6) is -0.264. The van der Waals surface area contributed by atoms with Crippen molar-refractivity contribution < 1.29 is 9.18 Å². The fourth-order valence-electron chi connectivity index (χ4n) is 1.93. The van der Waals surface area contributed by atoms with Gasteiger partial charge in [0.05, 0.1) is 6.04 Å². The van der Waals surface area contributed by atoms with Gasteiger partial charge in [0, 0.05) is 12.1 Å². The molecule has 0 aliphatic heterocycles. The molecule has 3 nitrogen and oxygen atoms in total. The van der Waals surface area contributed by atoms with Crippen LogP contribution in [0.15, 0.2) is 24.3 Å². The minimum atomic E-state index is -0.280. The number of carbonyl (C=O) groups is 1. The predicted molar refractivity (Wildman–Crippen MR) is 75.3 cm³/mol. The summed E-state index contributed by atoms with van der Waals surface area (Å²) in [5, 5.41) is 6.14. The van der Waals surface area contributed by atoms with Gasteiger partial charge in [-0.25, -0.2) is 4.39 Å². The second kappa shape index (κ2) is 7.24. The molecule has 2 atom stereocenters. The Bertz CT molecular complexity index is 403. The highest BCUT2D eigenvalue weighted by atomic mass is 19.1. The Balaban J connectivity index is 2.66. The number of rotatable bonds is 6. The molecule has 0 aliphatic carbocycles. The molecule has 1 aromatic carbocycles. The first-order valence-electron chi connectivity index (χ1n) is 6.76. The molecule has 0 aliphatic rings. The van der Waals surface area contributed by atoms with E-state index in [4.69, 9.17) is 0 Å². The zero-order valence-electron chi connectivity index (χ0n) is 12.0. The second-order valence-electron chi connectivity index (χ2n) is 5.06. The van der Waals surface area contributed by atoms with Gasteiger partial charge in [-0.2, -0.15) is 0 Å². The van der Waals surface area contributed by atoms with E-state index in [0.717, 1.165) is 12.0 Å². The summed E-state index contributed by atoms with van der Waals surface area (Å²) in [4.78, 5) is 11.9. The molecule has 0 saturated heterocycles. The largest absolute Gasteiger partial charge is 0.353 e. The van der Waals surface area contributed by atoms with Crippen molar-refractivity contribution in [3.63, 3.8) is 0 Å². The van der Waals surface area contributed by atoms with Crippen LogP contribution in [-0.2, 0) is 4.79 Å². The zero-order valence-corrected chi connectivity index (χ0v) is 12.0. The molecule has 0 saturated carbocycles. The average molecular weight is 266 g/mol. The SMILES string of the molecule is CCC(NC(C)C(=O)NC(C)C)c1ccc(F)cc1. The molecule has 19 heavy (non-hydrogen) atoms. The van der Waals surface area contributed by atoms with Gasteiger partial charge in [-0.3, -0.25) is 10.1 Å². The molecule has 2 unspecified atom stereocenters. The lowest BCUT2D eigenvalue weighted by Gasteiger charge is -2.23. The van der Waals surface area contributed by atoms with Crippen LogP contribution in [0.3, 0.4) is 0 Å². The van der Waals surface area contributed by atoms with Crippen LogP contribution < -0.4 is 10.6 Å². The van der Waals surface area contributed by atoms with E-state index in [-0.39, 0.29) is 29.8 Å². The van der Waals surface area contributed by atoms with Crippen molar-refractivity contribution in [3.8, 4) is 0 Å². The quantitative estimate of drug-likeness (QED) is 0.831. The van der Waals surface area contributed by atoms with E-state index in [0.29, 0.717) is 0 Å². The Morgan fingerprint density at radius 3 is 2.26 bits per heavy atom. The predicted octanol–water partition coefficient (Wildman–Crippen LogP) is 2.78. The molecule has 0 heterocycles. The number of benzene rings is 1. The van der Waals surface area contributed by atoms with Gasteiger partial charge < -0.3 is 5.32 Å². The van der Waals surface area contributed by atoms with Gasteiger partial charge in [-0.1, -0.05) is 19.1 Å². The molecular formula is C15H23FN2O. The van der Waals surface area contributed by atoms with Gasteiger partial charge in [0.1, 0.15) is 5.82 Å². The van der Waals surface area contributed by atoms with Crippen LogP contribution in [0.25, 0.3) is 0 Å². The van der Waals surface area contributed by atoms with Crippen LogP contribution in [-0.4, -0.2) is 18.0 Å². The molecule has 0 aromatic heterocycles. The maximum atomic E-state index is 12.9. The van der Waals surface area contributed by atoms with Crippen LogP contribution >= 0.6 is 0 Å². The van der Waals surface area contributed by atoms with E-state index >= 15 is 0 Å². The number of halogens is 1. The molecule has 0 bridgehead atoms. The van der Waals surface area contributed by atoms with Gasteiger partial charge in [-0.05, 0) is 44.9 Å². The van der Waals surface area contributed by atoms with Crippen LogP contribution in [0.5, 0.6) is 0 Å². The first-order valence-corrected chi connectivity index (χ1v) is 6.76. The van der Waals surface area contributed by atoms with E-state index in [1.165, 1.54) is 12.1 Å². The summed E-state index contributed by atoms with van der Waals surface area (Å²) in [6, 6.07) is 6.29. The Morgan fingerprint density at radius 2 is 1.79 bits per heavy atom. The first-order chi connectivity index (χ1) is 8.93. The fourth-order valence-corrected chi connectivity index (χ4v) is 1.93. The molecule has 2 N–H and O–H groups in total. The van der Waals surface area contributed by atoms with Crippen molar-refractivity contribution in [1.29, 1.82) is 0 Å². The number of amides is 1. The number of hydrogen-bond donors (Lipinski definition) is 2. The Hall–Kier alpha value is -1.42. The molecule has 106 valence electrons. The lowest BCUT2D eigenvalue weighted by molar-refractivity contribution is -0.123. The van der Waals surface area contributed by atoms with Crippen molar-refractivity contribution in [1.82, 2.24) is 10.6 Å². The monoisotopic (exact) mass is 266 g/mol. The highest BCUT2D eigenvalue weighted by molar-refractivity contribution is 5.81. The van der Waals surface area contributed by atoms with E-state index in [1.54, 1.807) is 12.1 Å². The van der Waals surface area contributed by atoms with E-state index in [9.17, 15) is 9.18 Å². The van der Waals surface area contributed by atoms with Crippen LogP contribution in [0, 0.1) is 5.82 Å². The molecule has 0 spiro atoms. The van der Waals surface area contributed by atoms with Gasteiger partial charge in [0.15, 0.2) is 0 Å². The summed E-state index contributed by atoms with van der Waals surface area (Å²) >= 11 is 0. The maximum Gasteiger partial charge on any atom is 0.237 e.